The second kappa shape index (κ2) is 7.79. The number of aromatic amines is 1. The number of hydrogen-bond acceptors (Lipinski definition) is 5. The van der Waals surface area contributed by atoms with Crippen LogP contribution < -0.4 is 15.4 Å². The first-order valence-electron chi connectivity index (χ1n) is 9.67. The summed E-state index contributed by atoms with van der Waals surface area (Å²) < 4.78 is 19.6. The number of anilines is 2. The lowest BCUT2D eigenvalue weighted by Crippen LogP contribution is -2.31. The molecule has 0 unspecified atom stereocenters. The number of aliphatic hydroxyl groups is 1. The molecule has 0 saturated heterocycles. The van der Waals surface area contributed by atoms with Crippen LogP contribution in [0.4, 0.5) is 15.8 Å². The van der Waals surface area contributed by atoms with Gasteiger partial charge < -0.3 is 25.5 Å². The van der Waals surface area contributed by atoms with Crippen molar-refractivity contribution in [1.29, 1.82) is 0 Å². The van der Waals surface area contributed by atoms with Gasteiger partial charge in [-0.15, -0.1) is 0 Å². The van der Waals surface area contributed by atoms with Crippen molar-refractivity contribution in [3.63, 3.8) is 0 Å². The van der Waals surface area contributed by atoms with Crippen molar-refractivity contribution < 1.29 is 19.0 Å². The molecule has 0 fully saturated rings. The maximum atomic E-state index is 13.7. The van der Waals surface area contributed by atoms with E-state index in [4.69, 9.17) is 4.74 Å². The minimum atomic E-state index is -1.02. The molecular formula is C22H23FN4O3. The fourth-order valence-electron chi connectivity index (χ4n) is 3.37. The van der Waals surface area contributed by atoms with Crippen molar-refractivity contribution in [3.8, 4) is 17.0 Å². The molecule has 1 aliphatic heterocycles. The van der Waals surface area contributed by atoms with Gasteiger partial charge in [0.25, 0.3) is 5.91 Å². The van der Waals surface area contributed by atoms with Crippen LogP contribution in [0.15, 0.2) is 42.7 Å². The summed E-state index contributed by atoms with van der Waals surface area (Å²) in [4.78, 5) is 20.1. The number of fused-ring (bicyclic) bond motifs is 1. The van der Waals surface area contributed by atoms with Crippen molar-refractivity contribution >= 4 is 17.3 Å². The molecule has 3 heterocycles. The van der Waals surface area contributed by atoms with E-state index in [0.29, 0.717) is 46.9 Å². The van der Waals surface area contributed by atoms with Crippen LogP contribution in [0.25, 0.3) is 11.3 Å². The molecule has 8 heteroatoms. The number of nitrogens with zero attached hydrogens (tertiary/aromatic N) is 1. The molecule has 0 saturated carbocycles. The number of halogens is 1. The molecule has 0 radical (unpaired) electrons. The fourth-order valence-corrected chi connectivity index (χ4v) is 3.37. The normalized spacial score (nSPS) is 13.5. The summed E-state index contributed by atoms with van der Waals surface area (Å²) >= 11 is 0. The van der Waals surface area contributed by atoms with Crippen LogP contribution in [0, 0.1) is 5.82 Å². The predicted molar refractivity (Wildman–Crippen MR) is 112 cm³/mol. The average molecular weight is 410 g/mol. The molecule has 30 heavy (non-hydrogen) atoms. The quantitative estimate of drug-likeness (QED) is 0.499. The first kappa shape index (κ1) is 19.9. The van der Waals surface area contributed by atoms with Gasteiger partial charge in [-0.25, -0.2) is 4.39 Å². The molecule has 0 atom stereocenters. The van der Waals surface area contributed by atoms with E-state index in [1.165, 1.54) is 12.1 Å². The third-order valence-corrected chi connectivity index (χ3v) is 4.69. The van der Waals surface area contributed by atoms with Crippen LogP contribution in [0.1, 0.15) is 29.9 Å². The SMILES string of the molecule is CC(C)(O)COc1cnccc1-c1[nH]c2c(c1Nc1cccc(F)c1)C(=O)NCC2. The van der Waals surface area contributed by atoms with Gasteiger partial charge in [-0.2, -0.15) is 0 Å². The zero-order valence-electron chi connectivity index (χ0n) is 16.8. The van der Waals surface area contributed by atoms with Crippen molar-refractivity contribution in [2.75, 3.05) is 18.5 Å². The third kappa shape index (κ3) is 4.13. The second-order valence-corrected chi connectivity index (χ2v) is 7.84. The van der Waals surface area contributed by atoms with Crippen LogP contribution in [-0.2, 0) is 6.42 Å². The van der Waals surface area contributed by atoms with Gasteiger partial charge in [-0.1, -0.05) is 6.07 Å². The van der Waals surface area contributed by atoms with E-state index in [0.717, 1.165) is 5.69 Å². The highest BCUT2D eigenvalue weighted by molar-refractivity contribution is 6.06. The molecule has 7 nitrogen and oxygen atoms in total. The molecule has 0 aliphatic carbocycles. The number of hydrogen-bond donors (Lipinski definition) is 4. The lowest BCUT2D eigenvalue weighted by molar-refractivity contribution is 0.0286. The summed E-state index contributed by atoms with van der Waals surface area (Å²) in [6.07, 6.45) is 3.83. The average Bonchev–Trinajstić information content (AvgIpc) is 3.05. The number of H-pyrrole nitrogens is 1. The van der Waals surface area contributed by atoms with Crippen molar-refractivity contribution in [2.24, 2.45) is 0 Å². The van der Waals surface area contributed by atoms with Gasteiger partial charge in [-0.05, 0) is 38.1 Å². The number of amides is 1. The smallest absolute Gasteiger partial charge is 0.255 e. The summed E-state index contributed by atoms with van der Waals surface area (Å²) in [6.45, 7) is 3.90. The molecule has 156 valence electrons. The number of carbonyl (C=O) groups is 1. The van der Waals surface area contributed by atoms with Gasteiger partial charge in [0, 0.05) is 36.1 Å². The number of ether oxygens (including phenoxy) is 1. The number of nitrogens with one attached hydrogen (secondary N) is 3. The first-order valence-corrected chi connectivity index (χ1v) is 9.67. The van der Waals surface area contributed by atoms with Gasteiger partial charge in [0.05, 0.1) is 28.7 Å². The second-order valence-electron chi connectivity index (χ2n) is 7.84. The Hall–Kier alpha value is -3.39. The van der Waals surface area contributed by atoms with E-state index in [1.54, 1.807) is 44.4 Å². The first-order chi connectivity index (χ1) is 14.3. The van der Waals surface area contributed by atoms with Crippen LogP contribution in [0.2, 0.25) is 0 Å². The van der Waals surface area contributed by atoms with Crippen molar-refractivity contribution in [1.82, 2.24) is 15.3 Å². The standard InChI is InChI=1S/C22H23FN4O3/c1-22(2,29)12-30-17-11-24-8-6-15(17)19-20(26-14-5-3-4-13(23)10-14)18-16(27-19)7-9-25-21(18)28/h3-6,8,10-11,26-27,29H,7,9,12H2,1-2H3,(H,25,28). The number of pyridine rings is 1. The highest BCUT2D eigenvalue weighted by Crippen LogP contribution is 2.40. The van der Waals surface area contributed by atoms with Gasteiger partial charge in [-0.3, -0.25) is 9.78 Å². The number of aromatic nitrogens is 2. The van der Waals surface area contributed by atoms with Crippen LogP contribution in [0.5, 0.6) is 5.75 Å². The molecule has 4 N–H and O–H groups in total. The molecule has 1 aromatic carbocycles. The summed E-state index contributed by atoms with van der Waals surface area (Å²) in [5, 5.41) is 16.1. The summed E-state index contributed by atoms with van der Waals surface area (Å²) in [6, 6.07) is 7.82. The third-order valence-electron chi connectivity index (χ3n) is 4.69. The lowest BCUT2D eigenvalue weighted by atomic mass is 10.0. The Labute approximate surface area is 173 Å². The maximum Gasteiger partial charge on any atom is 0.255 e. The zero-order chi connectivity index (χ0) is 21.3. The van der Waals surface area contributed by atoms with Gasteiger partial charge in [0.1, 0.15) is 18.2 Å². The highest BCUT2D eigenvalue weighted by Gasteiger charge is 2.28. The number of benzene rings is 1. The van der Waals surface area contributed by atoms with Gasteiger partial charge in [0.2, 0.25) is 0 Å². The van der Waals surface area contributed by atoms with E-state index in [1.807, 2.05) is 0 Å². The number of carbonyl (C=O) groups excluding carboxylic acids is 1. The Morgan fingerprint density at radius 3 is 2.93 bits per heavy atom. The Kier molecular flexibility index (Phi) is 5.17. The molecule has 2 aromatic heterocycles. The Bertz CT molecular complexity index is 1090. The Morgan fingerprint density at radius 2 is 2.17 bits per heavy atom. The molecule has 0 spiro atoms. The fraction of sp³-hybridized carbons (Fsp3) is 0.273. The van der Waals surface area contributed by atoms with E-state index in [-0.39, 0.29) is 18.3 Å². The highest BCUT2D eigenvalue weighted by atomic mass is 19.1. The summed E-state index contributed by atoms with van der Waals surface area (Å²) in [5.41, 5.74) is 2.62. The van der Waals surface area contributed by atoms with Crippen LogP contribution in [-0.4, -0.2) is 39.7 Å². The Balaban J connectivity index is 1.82. The van der Waals surface area contributed by atoms with E-state index >= 15 is 0 Å². The van der Waals surface area contributed by atoms with Gasteiger partial charge in [0.15, 0.2) is 0 Å². The van der Waals surface area contributed by atoms with E-state index < -0.39 is 5.60 Å². The monoisotopic (exact) mass is 410 g/mol. The maximum absolute atomic E-state index is 13.7. The van der Waals surface area contributed by atoms with E-state index in [9.17, 15) is 14.3 Å². The molecule has 1 amide bonds. The van der Waals surface area contributed by atoms with Crippen molar-refractivity contribution in [3.05, 3.63) is 59.8 Å². The van der Waals surface area contributed by atoms with Gasteiger partial charge >= 0.3 is 0 Å². The minimum absolute atomic E-state index is 0.0687. The molecule has 1 aliphatic rings. The summed E-state index contributed by atoms with van der Waals surface area (Å²) in [7, 11) is 0. The van der Waals surface area contributed by atoms with E-state index in [2.05, 4.69) is 20.6 Å². The van der Waals surface area contributed by atoms with Crippen molar-refractivity contribution in [2.45, 2.75) is 25.9 Å². The topological polar surface area (TPSA) is 99.3 Å². The van der Waals surface area contributed by atoms with Crippen LogP contribution in [0.3, 0.4) is 0 Å². The Morgan fingerprint density at radius 1 is 1.33 bits per heavy atom. The summed E-state index contributed by atoms with van der Waals surface area (Å²) in [5.74, 6) is -0.125. The molecular weight excluding hydrogens is 387 g/mol. The lowest BCUT2D eigenvalue weighted by Gasteiger charge is -2.19. The zero-order valence-corrected chi connectivity index (χ0v) is 16.8. The number of rotatable bonds is 6. The minimum Gasteiger partial charge on any atom is -0.488 e. The largest absolute Gasteiger partial charge is 0.488 e. The molecule has 0 bridgehead atoms. The predicted octanol–water partition coefficient (Wildman–Crippen LogP) is 3.40. The molecule has 4 rings (SSSR count). The van der Waals surface area contributed by atoms with Crippen LogP contribution >= 0.6 is 0 Å². The molecule has 3 aromatic rings.